The Bertz CT molecular complexity index is 1080. The highest BCUT2D eigenvalue weighted by atomic mass is 35.5. The number of rotatable bonds is 4. The topological polar surface area (TPSA) is 76.5 Å². The summed E-state index contributed by atoms with van der Waals surface area (Å²) in [6.45, 7) is 1.52. The van der Waals surface area contributed by atoms with Crippen LogP contribution in [-0.4, -0.2) is 49.0 Å². The van der Waals surface area contributed by atoms with Gasteiger partial charge in [0.25, 0.3) is 0 Å². The normalized spacial score (nSPS) is 18.0. The number of ether oxygens (including phenoxy) is 1. The van der Waals surface area contributed by atoms with E-state index in [0.29, 0.717) is 35.7 Å². The summed E-state index contributed by atoms with van der Waals surface area (Å²) in [5.74, 6) is 1.38. The smallest absolute Gasteiger partial charge is 0.244 e. The molecule has 4 rings (SSSR count). The van der Waals surface area contributed by atoms with Gasteiger partial charge in [0.15, 0.2) is 0 Å². The van der Waals surface area contributed by atoms with Crippen molar-refractivity contribution >= 4 is 33.2 Å². The SMILES string of the molecule is COc1ccc(S(=O)(=O)N2CCNCC2c2nccn2C)c2ccccc12.Cl. The van der Waals surface area contributed by atoms with E-state index in [0.717, 1.165) is 11.2 Å². The molecule has 0 bridgehead atoms. The molecule has 1 N–H and O–H groups in total. The van der Waals surface area contributed by atoms with Gasteiger partial charge in [-0.15, -0.1) is 12.4 Å². The summed E-state index contributed by atoms with van der Waals surface area (Å²) in [5, 5.41) is 4.72. The van der Waals surface area contributed by atoms with E-state index in [1.807, 2.05) is 42.1 Å². The van der Waals surface area contributed by atoms with Crippen LogP contribution in [0.1, 0.15) is 11.9 Å². The Morgan fingerprint density at radius 2 is 1.93 bits per heavy atom. The lowest BCUT2D eigenvalue weighted by Crippen LogP contribution is -2.49. The predicted molar refractivity (Wildman–Crippen MR) is 110 cm³/mol. The predicted octanol–water partition coefficient (Wildman–Crippen LogP) is 2.34. The molecule has 150 valence electrons. The highest BCUT2D eigenvalue weighted by Crippen LogP contribution is 2.35. The fourth-order valence-electron chi connectivity index (χ4n) is 3.66. The lowest BCUT2D eigenvalue weighted by molar-refractivity contribution is 0.258. The van der Waals surface area contributed by atoms with Gasteiger partial charge >= 0.3 is 0 Å². The second-order valence-corrected chi connectivity index (χ2v) is 8.40. The Balaban J connectivity index is 0.00000225. The molecule has 7 nitrogen and oxygen atoms in total. The lowest BCUT2D eigenvalue weighted by atomic mass is 10.1. The van der Waals surface area contributed by atoms with Crippen LogP contribution in [0.15, 0.2) is 53.7 Å². The minimum atomic E-state index is -3.72. The molecule has 1 aliphatic rings. The molecule has 1 aromatic heterocycles. The van der Waals surface area contributed by atoms with Crippen molar-refractivity contribution in [3.63, 3.8) is 0 Å². The molecular formula is C19H23ClN4O3S. The maximum atomic E-state index is 13.6. The largest absolute Gasteiger partial charge is 0.496 e. The third-order valence-electron chi connectivity index (χ3n) is 5.00. The molecule has 1 atom stereocenters. The van der Waals surface area contributed by atoms with Crippen LogP contribution in [0.5, 0.6) is 5.75 Å². The van der Waals surface area contributed by atoms with Crippen molar-refractivity contribution in [1.82, 2.24) is 19.2 Å². The van der Waals surface area contributed by atoms with Gasteiger partial charge in [0.2, 0.25) is 10.0 Å². The molecule has 1 unspecified atom stereocenters. The Labute approximate surface area is 170 Å². The van der Waals surface area contributed by atoms with Crippen LogP contribution in [0.4, 0.5) is 0 Å². The van der Waals surface area contributed by atoms with E-state index in [-0.39, 0.29) is 18.4 Å². The van der Waals surface area contributed by atoms with Crippen molar-refractivity contribution in [2.24, 2.45) is 7.05 Å². The number of imidazole rings is 1. The number of piperazine rings is 1. The number of nitrogens with one attached hydrogen (secondary N) is 1. The van der Waals surface area contributed by atoms with Crippen LogP contribution in [0.2, 0.25) is 0 Å². The molecule has 1 aliphatic heterocycles. The minimum Gasteiger partial charge on any atom is -0.496 e. The number of methoxy groups -OCH3 is 1. The minimum absolute atomic E-state index is 0. The first-order chi connectivity index (χ1) is 13.0. The average Bonchev–Trinajstić information content (AvgIpc) is 3.12. The molecule has 1 saturated heterocycles. The Morgan fingerprint density at radius 3 is 2.61 bits per heavy atom. The van der Waals surface area contributed by atoms with Crippen LogP contribution in [0, 0.1) is 0 Å². The maximum absolute atomic E-state index is 13.6. The third kappa shape index (κ3) is 3.37. The summed E-state index contributed by atoms with van der Waals surface area (Å²) in [6.07, 6.45) is 3.52. The third-order valence-corrected chi connectivity index (χ3v) is 6.97. The molecule has 0 saturated carbocycles. The van der Waals surface area contributed by atoms with E-state index in [2.05, 4.69) is 10.3 Å². The molecule has 28 heavy (non-hydrogen) atoms. The fraction of sp³-hybridized carbons (Fsp3) is 0.316. The highest BCUT2D eigenvalue weighted by Gasteiger charge is 2.37. The van der Waals surface area contributed by atoms with Gasteiger partial charge in [0, 0.05) is 49.8 Å². The van der Waals surface area contributed by atoms with Crippen LogP contribution in [0.25, 0.3) is 10.8 Å². The zero-order valence-corrected chi connectivity index (χ0v) is 17.3. The van der Waals surface area contributed by atoms with Gasteiger partial charge in [-0.25, -0.2) is 13.4 Å². The van der Waals surface area contributed by atoms with Gasteiger partial charge in [-0.2, -0.15) is 4.31 Å². The van der Waals surface area contributed by atoms with E-state index in [9.17, 15) is 8.42 Å². The first kappa shape index (κ1) is 20.6. The van der Waals surface area contributed by atoms with Crippen molar-refractivity contribution in [3.8, 4) is 5.75 Å². The van der Waals surface area contributed by atoms with E-state index in [1.165, 1.54) is 0 Å². The van der Waals surface area contributed by atoms with Crippen molar-refractivity contribution < 1.29 is 13.2 Å². The number of benzene rings is 2. The van der Waals surface area contributed by atoms with E-state index < -0.39 is 10.0 Å². The van der Waals surface area contributed by atoms with Gasteiger partial charge < -0.3 is 14.6 Å². The summed E-state index contributed by atoms with van der Waals surface area (Å²) in [5.41, 5.74) is 0. The van der Waals surface area contributed by atoms with Crippen LogP contribution < -0.4 is 10.1 Å². The fourth-order valence-corrected chi connectivity index (χ4v) is 5.45. The number of nitrogens with zero attached hydrogens (tertiary/aromatic N) is 3. The summed E-state index contributed by atoms with van der Waals surface area (Å²) >= 11 is 0. The molecule has 0 spiro atoms. The van der Waals surface area contributed by atoms with Crippen LogP contribution >= 0.6 is 12.4 Å². The lowest BCUT2D eigenvalue weighted by Gasteiger charge is -2.35. The van der Waals surface area contributed by atoms with Gasteiger partial charge in [0.05, 0.1) is 18.0 Å². The summed E-state index contributed by atoms with van der Waals surface area (Å²) in [7, 11) is -0.255. The summed E-state index contributed by atoms with van der Waals surface area (Å²) < 4.78 is 36.1. The maximum Gasteiger partial charge on any atom is 0.244 e. The first-order valence-corrected chi connectivity index (χ1v) is 10.2. The van der Waals surface area contributed by atoms with Gasteiger partial charge in [0.1, 0.15) is 11.6 Å². The van der Waals surface area contributed by atoms with E-state index in [4.69, 9.17) is 4.74 Å². The zero-order chi connectivity index (χ0) is 19.0. The Kier molecular flexibility index (Phi) is 5.95. The standard InChI is InChI=1S/C19H22N4O3S.ClH/c1-22-11-10-21-19(22)16-13-20-9-12-23(16)27(24,25)18-8-7-17(26-2)14-5-3-4-6-15(14)18;/h3-8,10-11,16,20H,9,12-13H2,1-2H3;1H. The molecule has 2 aromatic carbocycles. The monoisotopic (exact) mass is 422 g/mol. The first-order valence-electron chi connectivity index (χ1n) is 8.79. The second-order valence-electron chi connectivity index (χ2n) is 6.54. The van der Waals surface area contributed by atoms with Crippen molar-refractivity contribution in [3.05, 3.63) is 54.6 Å². The second kappa shape index (κ2) is 8.08. The van der Waals surface area contributed by atoms with Crippen LogP contribution in [0.3, 0.4) is 0 Å². The van der Waals surface area contributed by atoms with E-state index in [1.54, 1.807) is 29.7 Å². The number of halogens is 1. The number of sulfonamides is 1. The summed E-state index contributed by atoms with van der Waals surface area (Å²) in [6, 6.07) is 10.4. The van der Waals surface area contributed by atoms with Crippen molar-refractivity contribution in [2.75, 3.05) is 26.7 Å². The molecule has 9 heteroatoms. The highest BCUT2D eigenvalue weighted by molar-refractivity contribution is 7.89. The van der Waals surface area contributed by atoms with Gasteiger partial charge in [-0.1, -0.05) is 24.3 Å². The molecule has 0 amide bonds. The Morgan fingerprint density at radius 1 is 1.18 bits per heavy atom. The van der Waals surface area contributed by atoms with Crippen molar-refractivity contribution in [1.29, 1.82) is 0 Å². The number of hydrogen-bond acceptors (Lipinski definition) is 5. The summed E-state index contributed by atoms with van der Waals surface area (Å²) in [4.78, 5) is 4.68. The Hall–Kier alpha value is -2.13. The van der Waals surface area contributed by atoms with Crippen LogP contribution in [-0.2, 0) is 17.1 Å². The number of aryl methyl sites for hydroxylation is 1. The molecule has 0 aliphatic carbocycles. The molecular weight excluding hydrogens is 400 g/mol. The molecule has 1 fully saturated rings. The van der Waals surface area contributed by atoms with Gasteiger partial charge in [-0.3, -0.25) is 0 Å². The van der Waals surface area contributed by atoms with Crippen molar-refractivity contribution in [2.45, 2.75) is 10.9 Å². The number of fused-ring (bicyclic) bond motifs is 1. The molecule has 3 aromatic rings. The molecule has 2 heterocycles. The molecule has 0 radical (unpaired) electrons. The quantitative estimate of drug-likeness (QED) is 0.698. The average molecular weight is 423 g/mol. The van der Waals surface area contributed by atoms with Gasteiger partial charge in [-0.05, 0) is 12.1 Å². The van der Waals surface area contributed by atoms with E-state index >= 15 is 0 Å². The number of hydrogen-bond donors (Lipinski definition) is 1. The number of aromatic nitrogens is 2. The zero-order valence-electron chi connectivity index (χ0n) is 15.7.